The van der Waals surface area contributed by atoms with Crippen molar-refractivity contribution in [1.82, 2.24) is 19.5 Å². The third kappa shape index (κ3) is 4.33. The van der Waals surface area contributed by atoms with Crippen molar-refractivity contribution < 1.29 is 0 Å². The predicted molar refractivity (Wildman–Crippen MR) is 201 cm³/mol. The van der Waals surface area contributed by atoms with Crippen LogP contribution in [0.4, 0.5) is 0 Å². The van der Waals surface area contributed by atoms with Crippen molar-refractivity contribution in [3.8, 4) is 39.9 Å². The van der Waals surface area contributed by atoms with Crippen molar-refractivity contribution in [2.75, 3.05) is 0 Å². The van der Waals surface area contributed by atoms with E-state index in [2.05, 4.69) is 144 Å². The van der Waals surface area contributed by atoms with Crippen LogP contribution < -0.4 is 0 Å². The summed E-state index contributed by atoms with van der Waals surface area (Å²) < 4.78 is 4.91. The third-order valence-electron chi connectivity index (χ3n) is 9.20. The van der Waals surface area contributed by atoms with Gasteiger partial charge in [0.1, 0.15) is 0 Å². The summed E-state index contributed by atoms with van der Waals surface area (Å²) in [5.74, 6) is 1.94. The molecule has 224 valence electrons. The number of benzene rings is 7. The first-order valence-corrected chi connectivity index (χ1v) is 16.8. The van der Waals surface area contributed by atoms with Crippen LogP contribution in [0.5, 0.6) is 0 Å². The third-order valence-corrected chi connectivity index (χ3v) is 10.3. The Morgan fingerprint density at radius 1 is 0.375 bits per heavy atom. The van der Waals surface area contributed by atoms with Gasteiger partial charge in [-0.2, -0.15) is 0 Å². The zero-order chi connectivity index (χ0) is 31.6. The van der Waals surface area contributed by atoms with E-state index in [0.29, 0.717) is 17.5 Å². The van der Waals surface area contributed by atoms with E-state index in [9.17, 15) is 0 Å². The van der Waals surface area contributed by atoms with E-state index < -0.39 is 0 Å². The first-order valence-electron chi connectivity index (χ1n) is 16.0. The molecule has 0 bridgehead atoms. The minimum Gasteiger partial charge on any atom is -0.309 e. The van der Waals surface area contributed by atoms with Crippen LogP contribution >= 0.6 is 11.3 Å². The highest BCUT2D eigenvalue weighted by atomic mass is 32.1. The lowest BCUT2D eigenvalue weighted by atomic mass is 10.0. The van der Waals surface area contributed by atoms with E-state index in [1.54, 1.807) is 0 Å². The monoisotopic (exact) mass is 630 g/mol. The van der Waals surface area contributed by atoms with E-state index in [1.165, 1.54) is 52.8 Å². The molecule has 10 aromatic rings. The molecule has 3 heterocycles. The Morgan fingerprint density at radius 2 is 0.979 bits per heavy atom. The van der Waals surface area contributed by atoms with Crippen LogP contribution in [-0.2, 0) is 0 Å². The smallest absolute Gasteiger partial charge is 0.164 e. The minimum atomic E-state index is 0.640. The predicted octanol–water partition coefficient (Wildman–Crippen LogP) is 11.5. The molecule has 48 heavy (non-hydrogen) atoms. The summed E-state index contributed by atoms with van der Waals surface area (Å²) in [7, 11) is 0. The SMILES string of the molecule is c1ccc(-c2nc(-c3cccc(-n4c5ccccc5c5ccccc54)c3)nc(-c3ccc4cc5c(cc4c3)sc3ccccc35)n2)cc1. The second-order valence-electron chi connectivity index (χ2n) is 12.1. The molecule has 0 fully saturated rings. The van der Waals surface area contributed by atoms with E-state index >= 15 is 0 Å². The number of fused-ring (bicyclic) bond motifs is 7. The highest BCUT2D eigenvalue weighted by molar-refractivity contribution is 7.25. The summed E-state index contributed by atoms with van der Waals surface area (Å²) in [6, 6.07) is 55.6. The van der Waals surface area contributed by atoms with Gasteiger partial charge in [-0.1, -0.05) is 109 Å². The Labute approximate surface area is 280 Å². The van der Waals surface area contributed by atoms with Crippen LogP contribution in [-0.4, -0.2) is 19.5 Å². The zero-order valence-corrected chi connectivity index (χ0v) is 26.5. The molecular weight excluding hydrogens is 605 g/mol. The van der Waals surface area contributed by atoms with Gasteiger partial charge in [0.25, 0.3) is 0 Å². The van der Waals surface area contributed by atoms with Gasteiger partial charge < -0.3 is 4.57 Å². The summed E-state index contributed by atoms with van der Waals surface area (Å²) >= 11 is 1.84. The van der Waals surface area contributed by atoms with Crippen LogP contribution in [0.2, 0.25) is 0 Å². The van der Waals surface area contributed by atoms with E-state index in [0.717, 1.165) is 22.4 Å². The van der Waals surface area contributed by atoms with Gasteiger partial charge in [-0.05, 0) is 59.3 Å². The number of para-hydroxylation sites is 2. The molecule has 0 atom stereocenters. The quantitative estimate of drug-likeness (QED) is 0.194. The van der Waals surface area contributed by atoms with Gasteiger partial charge in [0, 0.05) is 53.3 Å². The van der Waals surface area contributed by atoms with Gasteiger partial charge >= 0.3 is 0 Å². The summed E-state index contributed by atoms with van der Waals surface area (Å²) in [5.41, 5.74) is 6.24. The fourth-order valence-corrected chi connectivity index (χ4v) is 8.08. The summed E-state index contributed by atoms with van der Waals surface area (Å²) in [5, 5.41) is 7.44. The van der Waals surface area contributed by atoms with Crippen LogP contribution in [0.3, 0.4) is 0 Å². The Balaban J connectivity index is 1.15. The van der Waals surface area contributed by atoms with Crippen molar-refractivity contribution in [1.29, 1.82) is 0 Å². The van der Waals surface area contributed by atoms with Gasteiger partial charge in [-0.15, -0.1) is 11.3 Å². The van der Waals surface area contributed by atoms with Crippen LogP contribution in [0.15, 0.2) is 158 Å². The van der Waals surface area contributed by atoms with Gasteiger partial charge in [0.05, 0.1) is 11.0 Å². The molecule has 7 aromatic carbocycles. The van der Waals surface area contributed by atoms with E-state index in [-0.39, 0.29) is 0 Å². The molecule has 0 aliphatic rings. The molecule has 0 saturated carbocycles. The van der Waals surface area contributed by atoms with E-state index in [1.807, 2.05) is 29.5 Å². The summed E-state index contributed by atoms with van der Waals surface area (Å²) in [4.78, 5) is 15.2. The highest BCUT2D eigenvalue weighted by Crippen LogP contribution is 2.38. The molecule has 10 rings (SSSR count). The molecule has 0 radical (unpaired) electrons. The van der Waals surface area contributed by atoms with Gasteiger partial charge in [-0.3, -0.25) is 0 Å². The van der Waals surface area contributed by atoms with Gasteiger partial charge in [0.2, 0.25) is 0 Å². The van der Waals surface area contributed by atoms with Crippen LogP contribution in [0, 0.1) is 0 Å². The standard InChI is InChI=1S/C43H26N4S/c1-2-11-27(12-3-1)41-44-42(29-13-10-14-32(24-29)47-37-18-7-4-15-33(37)34-16-5-8-19-38(34)47)46-43(45-41)30-22-21-28-25-36-35-17-6-9-20-39(35)48-40(36)26-31(28)23-30/h1-26H. The number of nitrogens with zero attached hydrogens (tertiary/aromatic N) is 4. The molecule has 0 saturated heterocycles. The molecule has 5 heteroatoms. The van der Waals surface area contributed by atoms with Crippen molar-refractivity contribution in [3.63, 3.8) is 0 Å². The number of hydrogen-bond acceptors (Lipinski definition) is 4. The number of hydrogen-bond donors (Lipinski definition) is 0. The topological polar surface area (TPSA) is 43.6 Å². The maximum atomic E-state index is 5.12. The first kappa shape index (κ1) is 27.0. The summed E-state index contributed by atoms with van der Waals surface area (Å²) in [6.45, 7) is 0. The van der Waals surface area contributed by atoms with E-state index in [4.69, 9.17) is 15.0 Å². The van der Waals surface area contributed by atoms with Crippen molar-refractivity contribution >= 4 is 64.1 Å². The van der Waals surface area contributed by atoms with Gasteiger partial charge in [0.15, 0.2) is 17.5 Å². The molecule has 0 aliphatic carbocycles. The molecule has 0 aliphatic heterocycles. The fraction of sp³-hybridized carbons (Fsp3) is 0. The minimum absolute atomic E-state index is 0.640. The molecular formula is C43H26N4S. The maximum Gasteiger partial charge on any atom is 0.164 e. The van der Waals surface area contributed by atoms with Crippen LogP contribution in [0.25, 0.3) is 92.6 Å². The Hall–Kier alpha value is -6.17. The van der Waals surface area contributed by atoms with Crippen molar-refractivity contribution in [3.05, 3.63) is 158 Å². The molecule has 0 spiro atoms. The molecule has 0 N–H and O–H groups in total. The number of aromatic nitrogens is 4. The number of rotatable bonds is 4. The molecule has 3 aromatic heterocycles. The highest BCUT2D eigenvalue weighted by Gasteiger charge is 2.16. The zero-order valence-electron chi connectivity index (χ0n) is 25.7. The maximum absolute atomic E-state index is 5.12. The molecule has 4 nitrogen and oxygen atoms in total. The number of thiophene rings is 1. The second-order valence-corrected chi connectivity index (χ2v) is 13.2. The summed E-state index contributed by atoms with van der Waals surface area (Å²) in [6.07, 6.45) is 0. The molecule has 0 unspecified atom stereocenters. The first-order chi connectivity index (χ1) is 23.8. The fourth-order valence-electron chi connectivity index (χ4n) is 6.94. The lowest BCUT2D eigenvalue weighted by Gasteiger charge is -2.12. The largest absolute Gasteiger partial charge is 0.309 e. The average molecular weight is 631 g/mol. The Morgan fingerprint density at radius 3 is 1.73 bits per heavy atom. The van der Waals surface area contributed by atoms with Gasteiger partial charge in [-0.25, -0.2) is 15.0 Å². The van der Waals surface area contributed by atoms with Crippen molar-refractivity contribution in [2.45, 2.75) is 0 Å². The molecule has 0 amide bonds. The second kappa shape index (κ2) is 10.7. The average Bonchev–Trinajstić information content (AvgIpc) is 3.69. The Kier molecular flexibility index (Phi) is 6.01. The van der Waals surface area contributed by atoms with Crippen molar-refractivity contribution in [2.24, 2.45) is 0 Å². The Bertz CT molecular complexity index is 2800. The lowest BCUT2D eigenvalue weighted by Crippen LogP contribution is -2.01. The van der Waals surface area contributed by atoms with Crippen LogP contribution in [0.1, 0.15) is 0 Å². The normalized spacial score (nSPS) is 11.8. The lowest BCUT2D eigenvalue weighted by molar-refractivity contribution is 1.07.